The van der Waals surface area contributed by atoms with E-state index in [1.54, 1.807) is 60.7 Å². The molecule has 1 heterocycles. The second-order valence-electron chi connectivity index (χ2n) is 6.96. The molecule has 0 aliphatic carbocycles. The third-order valence-corrected chi connectivity index (χ3v) is 4.99. The summed E-state index contributed by atoms with van der Waals surface area (Å²) in [5, 5.41) is 0.513. The van der Waals surface area contributed by atoms with E-state index in [9.17, 15) is 9.59 Å². The van der Waals surface area contributed by atoms with Crippen LogP contribution in [0.1, 0.15) is 27.0 Å². The summed E-state index contributed by atoms with van der Waals surface area (Å²) in [6.45, 7) is 1.84. The predicted molar refractivity (Wildman–Crippen MR) is 121 cm³/mol. The third-order valence-electron chi connectivity index (χ3n) is 4.75. The van der Waals surface area contributed by atoms with Crippen molar-refractivity contribution in [3.63, 3.8) is 0 Å². The van der Waals surface area contributed by atoms with Crippen molar-refractivity contribution in [3.05, 3.63) is 99.7 Å². The van der Waals surface area contributed by atoms with Crippen LogP contribution in [0.25, 0.3) is 6.08 Å². The Kier molecular flexibility index (Phi) is 6.05. The van der Waals surface area contributed by atoms with Crippen LogP contribution in [0.2, 0.25) is 5.02 Å². The maximum atomic E-state index is 12.5. The standard InChI is InChI=1S/C25H18ClNO5/c1-15-6-3-4-9-19(15)24(28)31-21-11-10-16(13-22(21)30-2)12-20-25(29)32-23(27-20)17-7-5-8-18(26)14-17/h3-14H,1-2H3. The van der Waals surface area contributed by atoms with Gasteiger partial charge in [0.2, 0.25) is 5.90 Å². The SMILES string of the molecule is COc1cc(C=C2N=C(c3cccc(Cl)c3)OC2=O)ccc1OC(=O)c1ccccc1C. The summed E-state index contributed by atoms with van der Waals surface area (Å²) in [7, 11) is 1.47. The molecule has 4 rings (SSSR count). The number of rotatable bonds is 5. The zero-order valence-electron chi connectivity index (χ0n) is 17.3. The molecule has 3 aromatic rings. The van der Waals surface area contributed by atoms with Gasteiger partial charge in [-0.25, -0.2) is 14.6 Å². The fourth-order valence-electron chi connectivity index (χ4n) is 3.13. The summed E-state index contributed by atoms with van der Waals surface area (Å²) in [5.74, 6) is -0.275. The average Bonchev–Trinajstić information content (AvgIpc) is 3.15. The average molecular weight is 448 g/mol. The monoisotopic (exact) mass is 447 g/mol. The van der Waals surface area contributed by atoms with E-state index in [2.05, 4.69) is 4.99 Å². The van der Waals surface area contributed by atoms with Gasteiger partial charge in [-0.15, -0.1) is 0 Å². The molecule has 0 unspecified atom stereocenters. The third kappa shape index (κ3) is 4.55. The largest absolute Gasteiger partial charge is 0.493 e. The van der Waals surface area contributed by atoms with E-state index in [0.29, 0.717) is 27.5 Å². The molecule has 0 N–H and O–H groups in total. The summed E-state index contributed by atoms with van der Waals surface area (Å²) in [6, 6.07) is 19.0. The highest BCUT2D eigenvalue weighted by molar-refractivity contribution is 6.31. The minimum Gasteiger partial charge on any atom is -0.493 e. The van der Waals surface area contributed by atoms with Crippen LogP contribution in [-0.4, -0.2) is 24.9 Å². The van der Waals surface area contributed by atoms with Gasteiger partial charge in [-0.3, -0.25) is 0 Å². The molecule has 0 bridgehead atoms. The van der Waals surface area contributed by atoms with Crippen LogP contribution in [0.5, 0.6) is 11.5 Å². The molecule has 3 aromatic carbocycles. The lowest BCUT2D eigenvalue weighted by molar-refractivity contribution is -0.129. The fourth-order valence-corrected chi connectivity index (χ4v) is 3.32. The van der Waals surface area contributed by atoms with Gasteiger partial charge < -0.3 is 14.2 Å². The maximum absolute atomic E-state index is 12.5. The van der Waals surface area contributed by atoms with E-state index in [0.717, 1.165) is 5.56 Å². The number of aliphatic imine (C=N–C) groups is 1. The normalized spacial score (nSPS) is 14.2. The first-order valence-electron chi connectivity index (χ1n) is 9.69. The Bertz CT molecular complexity index is 1280. The number of hydrogen-bond donors (Lipinski definition) is 0. The molecular weight excluding hydrogens is 430 g/mol. The first kappa shape index (κ1) is 21.3. The summed E-state index contributed by atoms with van der Waals surface area (Å²) in [5.41, 5.74) is 2.64. The highest BCUT2D eigenvalue weighted by atomic mass is 35.5. The van der Waals surface area contributed by atoms with Crippen LogP contribution in [0, 0.1) is 6.92 Å². The number of aryl methyl sites for hydroxylation is 1. The second-order valence-corrected chi connectivity index (χ2v) is 7.40. The number of cyclic esters (lactones) is 1. The van der Waals surface area contributed by atoms with E-state index in [-0.39, 0.29) is 17.3 Å². The van der Waals surface area contributed by atoms with Gasteiger partial charge in [0.15, 0.2) is 17.2 Å². The highest BCUT2D eigenvalue weighted by Crippen LogP contribution is 2.31. The van der Waals surface area contributed by atoms with E-state index >= 15 is 0 Å². The zero-order valence-corrected chi connectivity index (χ0v) is 18.1. The number of nitrogens with zero attached hydrogens (tertiary/aromatic N) is 1. The Labute approximate surface area is 189 Å². The Balaban J connectivity index is 1.59. The van der Waals surface area contributed by atoms with Crippen molar-refractivity contribution in [1.29, 1.82) is 0 Å². The molecular formula is C25H18ClNO5. The molecule has 0 spiro atoms. The van der Waals surface area contributed by atoms with Crippen LogP contribution < -0.4 is 9.47 Å². The van der Waals surface area contributed by atoms with E-state index in [1.807, 2.05) is 19.1 Å². The Morgan fingerprint density at radius 1 is 1.03 bits per heavy atom. The lowest BCUT2D eigenvalue weighted by atomic mass is 10.1. The number of ether oxygens (including phenoxy) is 3. The Hall–Kier alpha value is -3.90. The van der Waals surface area contributed by atoms with Crippen molar-refractivity contribution in [2.45, 2.75) is 6.92 Å². The van der Waals surface area contributed by atoms with Gasteiger partial charge in [-0.05, 0) is 60.5 Å². The number of methoxy groups -OCH3 is 1. The first-order chi connectivity index (χ1) is 15.4. The molecule has 0 fully saturated rings. The van der Waals surface area contributed by atoms with Gasteiger partial charge in [0.1, 0.15) is 0 Å². The van der Waals surface area contributed by atoms with E-state index in [4.69, 9.17) is 25.8 Å². The molecule has 0 saturated carbocycles. The van der Waals surface area contributed by atoms with Crippen LogP contribution >= 0.6 is 11.6 Å². The van der Waals surface area contributed by atoms with Crippen molar-refractivity contribution < 1.29 is 23.8 Å². The van der Waals surface area contributed by atoms with Crippen LogP contribution in [0.15, 0.2) is 77.4 Å². The number of carbonyl (C=O) groups excluding carboxylic acids is 2. The Morgan fingerprint density at radius 3 is 2.59 bits per heavy atom. The molecule has 32 heavy (non-hydrogen) atoms. The molecule has 0 radical (unpaired) electrons. The molecule has 1 aliphatic heterocycles. The predicted octanol–water partition coefficient (Wildman–Crippen LogP) is 5.22. The van der Waals surface area contributed by atoms with E-state index < -0.39 is 11.9 Å². The summed E-state index contributed by atoms with van der Waals surface area (Å²) < 4.78 is 16.2. The quantitative estimate of drug-likeness (QED) is 0.304. The number of carbonyl (C=O) groups is 2. The van der Waals surface area contributed by atoms with Gasteiger partial charge >= 0.3 is 11.9 Å². The lowest BCUT2D eigenvalue weighted by Crippen LogP contribution is -2.10. The summed E-state index contributed by atoms with van der Waals surface area (Å²) in [4.78, 5) is 29.1. The first-order valence-corrected chi connectivity index (χ1v) is 10.1. The van der Waals surface area contributed by atoms with Crippen molar-refractivity contribution >= 4 is 35.5 Å². The number of halogens is 1. The zero-order chi connectivity index (χ0) is 22.7. The minimum atomic E-state index is -0.575. The van der Waals surface area contributed by atoms with Gasteiger partial charge in [0.05, 0.1) is 12.7 Å². The van der Waals surface area contributed by atoms with Crippen molar-refractivity contribution in [2.24, 2.45) is 4.99 Å². The van der Waals surface area contributed by atoms with Gasteiger partial charge in [0.25, 0.3) is 0 Å². The molecule has 7 heteroatoms. The van der Waals surface area contributed by atoms with Gasteiger partial charge in [-0.1, -0.05) is 41.9 Å². The molecule has 0 atom stereocenters. The minimum absolute atomic E-state index is 0.131. The Morgan fingerprint density at radius 2 is 1.84 bits per heavy atom. The highest BCUT2D eigenvalue weighted by Gasteiger charge is 2.24. The molecule has 6 nitrogen and oxygen atoms in total. The van der Waals surface area contributed by atoms with E-state index in [1.165, 1.54) is 7.11 Å². The van der Waals surface area contributed by atoms with Gasteiger partial charge in [-0.2, -0.15) is 0 Å². The lowest BCUT2D eigenvalue weighted by Gasteiger charge is -2.11. The van der Waals surface area contributed by atoms with Crippen LogP contribution in [0.4, 0.5) is 0 Å². The maximum Gasteiger partial charge on any atom is 0.363 e. The topological polar surface area (TPSA) is 74.2 Å². The number of benzene rings is 3. The summed E-state index contributed by atoms with van der Waals surface area (Å²) >= 11 is 6.00. The van der Waals surface area contributed by atoms with Crippen molar-refractivity contribution in [3.8, 4) is 11.5 Å². The fraction of sp³-hybridized carbons (Fsp3) is 0.0800. The van der Waals surface area contributed by atoms with Crippen LogP contribution in [0.3, 0.4) is 0 Å². The van der Waals surface area contributed by atoms with Crippen molar-refractivity contribution in [2.75, 3.05) is 7.11 Å². The van der Waals surface area contributed by atoms with Crippen LogP contribution in [-0.2, 0) is 9.53 Å². The molecule has 0 amide bonds. The second kappa shape index (κ2) is 9.08. The number of esters is 2. The van der Waals surface area contributed by atoms with Gasteiger partial charge in [0, 0.05) is 10.6 Å². The molecule has 1 aliphatic rings. The molecule has 0 saturated heterocycles. The van der Waals surface area contributed by atoms with Crippen molar-refractivity contribution in [1.82, 2.24) is 0 Å². The molecule has 0 aromatic heterocycles. The smallest absolute Gasteiger partial charge is 0.363 e. The number of hydrogen-bond acceptors (Lipinski definition) is 6. The molecule has 160 valence electrons. The summed E-state index contributed by atoms with van der Waals surface area (Å²) in [6.07, 6.45) is 1.56.